The molecule has 0 saturated heterocycles. The molecule has 10 rings (SSSR count). The van der Waals surface area contributed by atoms with Gasteiger partial charge >= 0.3 is 0 Å². The highest BCUT2D eigenvalue weighted by Crippen LogP contribution is 2.37. The Kier molecular flexibility index (Phi) is 5.00. The number of aromatic nitrogens is 3. The molecule has 0 unspecified atom stereocenters. The summed E-state index contributed by atoms with van der Waals surface area (Å²) >= 11 is 0. The maximum absolute atomic E-state index is 3.56. The van der Waals surface area contributed by atoms with Crippen molar-refractivity contribution in [2.45, 2.75) is 0 Å². The van der Waals surface area contributed by atoms with Crippen LogP contribution in [0, 0.1) is 0 Å². The summed E-state index contributed by atoms with van der Waals surface area (Å²) in [6.07, 6.45) is 0. The third-order valence-corrected chi connectivity index (χ3v) is 9.46. The van der Waals surface area contributed by atoms with E-state index in [0.717, 1.165) is 11.4 Å². The standard InChI is InChI=1S/C42H27N3/c1-5-13-37-31(9-1)35-25-27(17-23-38(35)43-37)28-18-24-42-36(26-28)34-12-4-8-16-41(34)45(42)30-21-19-29(20-22-30)44-39-14-6-2-10-32(39)33-11-3-7-15-40(33)44/h1-26,43H. The monoisotopic (exact) mass is 573 g/mol. The topological polar surface area (TPSA) is 25.6 Å². The molecule has 0 fully saturated rings. The molecular formula is C42H27N3. The first-order valence-electron chi connectivity index (χ1n) is 15.4. The Hall–Kier alpha value is -6.06. The van der Waals surface area contributed by atoms with Gasteiger partial charge in [0.25, 0.3) is 0 Å². The summed E-state index contributed by atoms with van der Waals surface area (Å²) < 4.78 is 4.77. The first-order chi connectivity index (χ1) is 22.3. The fourth-order valence-corrected chi connectivity index (χ4v) is 7.41. The number of nitrogens with zero attached hydrogens (tertiary/aromatic N) is 2. The number of aromatic amines is 1. The van der Waals surface area contributed by atoms with Crippen molar-refractivity contribution in [3.8, 4) is 22.5 Å². The summed E-state index contributed by atoms with van der Waals surface area (Å²) in [4.78, 5) is 3.56. The number of rotatable bonds is 3. The minimum absolute atomic E-state index is 1.15. The number of benzene rings is 7. The molecule has 10 aromatic rings. The largest absolute Gasteiger partial charge is 0.355 e. The lowest BCUT2D eigenvalue weighted by Gasteiger charge is -2.12. The van der Waals surface area contributed by atoms with Gasteiger partial charge in [0.05, 0.1) is 22.1 Å². The van der Waals surface area contributed by atoms with E-state index < -0.39 is 0 Å². The van der Waals surface area contributed by atoms with E-state index in [1.54, 1.807) is 0 Å². The summed E-state index contributed by atoms with van der Waals surface area (Å²) in [5, 5.41) is 7.59. The smallest absolute Gasteiger partial charge is 0.0541 e. The molecule has 0 atom stereocenters. The second-order valence-corrected chi connectivity index (χ2v) is 11.9. The van der Waals surface area contributed by atoms with E-state index in [1.807, 2.05) is 0 Å². The van der Waals surface area contributed by atoms with E-state index in [1.165, 1.54) is 76.5 Å². The third-order valence-electron chi connectivity index (χ3n) is 9.46. The molecule has 0 radical (unpaired) electrons. The van der Waals surface area contributed by atoms with Crippen LogP contribution in [-0.2, 0) is 0 Å². The molecule has 3 heterocycles. The van der Waals surface area contributed by atoms with Crippen molar-refractivity contribution in [2.75, 3.05) is 0 Å². The van der Waals surface area contributed by atoms with E-state index in [9.17, 15) is 0 Å². The predicted octanol–water partition coefficient (Wildman–Crippen LogP) is 11.2. The van der Waals surface area contributed by atoms with Gasteiger partial charge in [-0.1, -0.05) is 84.9 Å². The summed E-state index contributed by atoms with van der Waals surface area (Å²) in [5.41, 5.74) is 12.0. The predicted molar refractivity (Wildman–Crippen MR) is 190 cm³/mol. The van der Waals surface area contributed by atoms with Crippen LogP contribution in [-0.4, -0.2) is 14.1 Å². The van der Waals surface area contributed by atoms with Crippen LogP contribution in [0.1, 0.15) is 0 Å². The second-order valence-electron chi connectivity index (χ2n) is 11.9. The summed E-state index contributed by atoms with van der Waals surface area (Å²) in [5.74, 6) is 0. The van der Waals surface area contributed by atoms with Gasteiger partial charge in [-0.25, -0.2) is 0 Å². The molecule has 0 aliphatic carbocycles. The molecule has 0 bridgehead atoms. The SMILES string of the molecule is c1ccc2c(c1)[nH]c1ccc(-c3ccc4c(c3)c3ccccc3n4-c3ccc(-n4c5ccccc5c5ccccc54)cc3)cc12. The summed E-state index contributed by atoms with van der Waals surface area (Å²) in [6.45, 7) is 0. The van der Waals surface area contributed by atoms with E-state index in [2.05, 4.69) is 172 Å². The Labute approximate surface area is 259 Å². The van der Waals surface area contributed by atoms with Crippen molar-refractivity contribution < 1.29 is 0 Å². The minimum Gasteiger partial charge on any atom is -0.355 e. The third kappa shape index (κ3) is 3.52. The van der Waals surface area contributed by atoms with E-state index in [0.29, 0.717) is 0 Å². The quantitative estimate of drug-likeness (QED) is 0.218. The fraction of sp³-hybridized carbons (Fsp3) is 0. The minimum atomic E-state index is 1.15. The lowest BCUT2D eigenvalue weighted by atomic mass is 10.0. The fourth-order valence-electron chi connectivity index (χ4n) is 7.41. The molecule has 3 nitrogen and oxygen atoms in total. The van der Waals surface area contributed by atoms with E-state index in [-0.39, 0.29) is 0 Å². The van der Waals surface area contributed by atoms with E-state index in [4.69, 9.17) is 0 Å². The highest BCUT2D eigenvalue weighted by Gasteiger charge is 2.15. The lowest BCUT2D eigenvalue weighted by molar-refractivity contribution is 1.14. The number of hydrogen-bond acceptors (Lipinski definition) is 0. The van der Waals surface area contributed by atoms with Crippen molar-refractivity contribution in [2.24, 2.45) is 0 Å². The zero-order chi connectivity index (χ0) is 29.5. The Morgan fingerprint density at radius 1 is 0.311 bits per heavy atom. The molecule has 3 heteroatoms. The molecule has 7 aromatic carbocycles. The van der Waals surface area contributed by atoms with Gasteiger partial charge in [-0.2, -0.15) is 0 Å². The lowest BCUT2D eigenvalue weighted by Crippen LogP contribution is -1.97. The first-order valence-corrected chi connectivity index (χ1v) is 15.4. The maximum atomic E-state index is 3.56. The average Bonchev–Trinajstić information content (AvgIpc) is 3.76. The molecule has 0 saturated carbocycles. The van der Waals surface area contributed by atoms with Crippen molar-refractivity contribution in [3.63, 3.8) is 0 Å². The Balaban J connectivity index is 1.13. The number of nitrogens with one attached hydrogen (secondary N) is 1. The van der Waals surface area contributed by atoms with Gasteiger partial charge in [0.1, 0.15) is 0 Å². The van der Waals surface area contributed by atoms with Crippen LogP contribution in [0.15, 0.2) is 158 Å². The van der Waals surface area contributed by atoms with Crippen LogP contribution in [0.4, 0.5) is 0 Å². The number of para-hydroxylation sites is 4. The zero-order valence-corrected chi connectivity index (χ0v) is 24.4. The summed E-state index contributed by atoms with van der Waals surface area (Å²) in [7, 11) is 0. The molecule has 0 aliphatic rings. The van der Waals surface area contributed by atoms with Crippen LogP contribution in [0.2, 0.25) is 0 Å². The van der Waals surface area contributed by atoms with Crippen LogP contribution in [0.5, 0.6) is 0 Å². The van der Waals surface area contributed by atoms with E-state index >= 15 is 0 Å². The Morgan fingerprint density at radius 2 is 0.733 bits per heavy atom. The molecular weight excluding hydrogens is 546 g/mol. The highest BCUT2D eigenvalue weighted by atomic mass is 15.0. The van der Waals surface area contributed by atoms with Crippen molar-refractivity contribution in [1.29, 1.82) is 0 Å². The van der Waals surface area contributed by atoms with Gasteiger partial charge in [-0.05, 0) is 83.9 Å². The Bertz CT molecular complexity index is 2700. The van der Waals surface area contributed by atoms with Crippen LogP contribution < -0.4 is 0 Å². The molecule has 0 amide bonds. The number of hydrogen-bond donors (Lipinski definition) is 1. The second kappa shape index (κ2) is 9.22. The van der Waals surface area contributed by atoms with Crippen molar-refractivity contribution in [1.82, 2.24) is 14.1 Å². The molecule has 0 spiro atoms. The van der Waals surface area contributed by atoms with Crippen LogP contribution in [0.3, 0.4) is 0 Å². The molecule has 3 aromatic heterocycles. The zero-order valence-electron chi connectivity index (χ0n) is 24.4. The van der Waals surface area contributed by atoms with Crippen LogP contribution >= 0.6 is 0 Å². The summed E-state index contributed by atoms with van der Waals surface area (Å²) in [6, 6.07) is 57.3. The molecule has 210 valence electrons. The highest BCUT2D eigenvalue weighted by molar-refractivity contribution is 6.12. The van der Waals surface area contributed by atoms with Gasteiger partial charge in [-0.3, -0.25) is 0 Å². The van der Waals surface area contributed by atoms with Crippen molar-refractivity contribution in [3.05, 3.63) is 158 Å². The first kappa shape index (κ1) is 24.4. The van der Waals surface area contributed by atoms with Gasteiger partial charge in [0, 0.05) is 54.7 Å². The van der Waals surface area contributed by atoms with Crippen molar-refractivity contribution >= 4 is 65.4 Å². The van der Waals surface area contributed by atoms with Gasteiger partial charge < -0.3 is 14.1 Å². The van der Waals surface area contributed by atoms with Gasteiger partial charge in [0.15, 0.2) is 0 Å². The van der Waals surface area contributed by atoms with Gasteiger partial charge in [-0.15, -0.1) is 0 Å². The maximum Gasteiger partial charge on any atom is 0.0541 e. The Morgan fingerprint density at radius 3 is 1.33 bits per heavy atom. The molecule has 45 heavy (non-hydrogen) atoms. The average molecular weight is 574 g/mol. The molecule has 0 aliphatic heterocycles. The van der Waals surface area contributed by atoms with Gasteiger partial charge in [0.2, 0.25) is 0 Å². The normalized spacial score (nSPS) is 12.0. The molecule has 1 N–H and O–H groups in total. The number of H-pyrrole nitrogens is 1. The van der Waals surface area contributed by atoms with Crippen LogP contribution in [0.25, 0.3) is 87.9 Å². The number of fused-ring (bicyclic) bond motifs is 9.